The summed E-state index contributed by atoms with van der Waals surface area (Å²) in [6, 6.07) is 6.43. The fourth-order valence-electron chi connectivity index (χ4n) is 3.14. The lowest BCUT2D eigenvalue weighted by Crippen LogP contribution is -2.51. The van der Waals surface area contributed by atoms with Crippen molar-refractivity contribution in [2.45, 2.75) is 96.4 Å². The van der Waals surface area contributed by atoms with Gasteiger partial charge in [-0.25, -0.2) is 23.0 Å². The number of hydrogen-bond donors (Lipinski definition) is 0. The summed E-state index contributed by atoms with van der Waals surface area (Å²) in [5.74, 6) is 0.0606. The van der Waals surface area contributed by atoms with Crippen LogP contribution >= 0.6 is 0 Å². The first kappa shape index (κ1) is 30.4. The largest absolute Gasteiger partial charge is 0.443 e. The average molecular weight is 550 g/mol. The van der Waals surface area contributed by atoms with Gasteiger partial charge < -0.3 is 9.47 Å². The summed E-state index contributed by atoms with van der Waals surface area (Å²) in [5, 5.41) is -0.0387. The van der Waals surface area contributed by atoms with Crippen molar-refractivity contribution in [1.29, 1.82) is 0 Å². The van der Waals surface area contributed by atoms with Crippen molar-refractivity contribution in [3.8, 4) is 11.3 Å². The van der Waals surface area contributed by atoms with Gasteiger partial charge in [0.15, 0.2) is 15.7 Å². The Kier molecular flexibility index (Phi) is 8.66. The molecule has 204 valence electrons. The van der Waals surface area contributed by atoms with Gasteiger partial charge in [-0.05, 0) is 67.5 Å². The lowest BCUT2D eigenvalue weighted by Gasteiger charge is -2.30. The van der Waals surface area contributed by atoms with E-state index in [-0.39, 0.29) is 10.7 Å². The van der Waals surface area contributed by atoms with Gasteiger partial charge in [0, 0.05) is 5.56 Å². The molecule has 0 fully saturated rings. The molecule has 1 aromatic carbocycles. The Labute approximate surface area is 221 Å². The van der Waals surface area contributed by atoms with Crippen molar-refractivity contribution in [3.63, 3.8) is 0 Å². The third-order valence-corrected chi connectivity index (χ3v) is 8.85. The minimum Gasteiger partial charge on any atom is -0.443 e. The first-order valence-corrected chi connectivity index (χ1v) is 17.2. The standard InChI is InChI=1S/C26H39N3O6SSi/c1-17(2)36(32,33)19-14-12-18(13-15-19)20-16-27-21(22(28-20)37(9,10)11)29(23(30)34-25(3,4)5)24(31)35-26(6,7)8/h12-17H,1-11H3. The Morgan fingerprint density at radius 2 is 1.35 bits per heavy atom. The Morgan fingerprint density at radius 3 is 1.73 bits per heavy atom. The van der Waals surface area contributed by atoms with Crippen LogP contribution < -0.4 is 10.2 Å². The van der Waals surface area contributed by atoms with Crippen LogP contribution in [0.2, 0.25) is 19.6 Å². The monoisotopic (exact) mass is 549 g/mol. The number of rotatable bonds is 5. The van der Waals surface area contributed by atoms with E-state index in [9.17, 15) is 18.0 Å². The minimum absolute atomic E-state index is 0.0606. The van der Waals surface area contributed by atoms with Gasteiger partial charge >= 0.3 is 12.2 Å². The van der Waals surface area contributed by atoms with Crippen molar-refractivity contribution in [2.24, 2.45) is 0 Å². The van der Waals surface area contributed by atoms with E-state index in [0.717, 1.165) is 4.90 Å². The number of carbonyl (C=O) groups is 2. The third kappa shape index (κ3) is 7.84. The van der Waals surface area contributed by atoms with Crippen molar-refractivity contribution >= 4 is 41.2 Å². The van der Waals surface area contributed by atoms with Crippen molar-refractivity contribution < 1.29 is 27.5 Å². The highest BCUT2D eigenvalue weighted by molar-refractivity contribution is 7.92. The first-order chi connectivity index (χ1) is 16.6. The molecule has 0 aliphatic rings. The number of aromatic nitrogens is 2. The molecule has 0 spiro atoms. The maximum Gasteiger partial charge on any atom is 0.425 e. The van der Waals surface area contributed by atoms with Crippen LogP contribution in [0.3, 0.4) is 0 Å². The Hall–Kier alpha value is -2.79. The smallest absolute Gasteiger partial charge is 0.425 e. The molecular formula is C26H39N3O6SSi. The van der Waals surface area contributed by atoms with Crippen LogP contribution in [-0.4, -0.2) is 55.1 Å². The number of anilines is 1. The SMILES string of the molecule is CC(C)S(=O)(=O)c1ccc(-c2cnc(N(C(=O)OC(C)(C)C)C(=O)OC(C)(C)C)c([Si](C)(C)C)n2)cc1. The van der Waals surface area contributed by atoms with Gasteiger partial charge in [0.25, 0.3) is 0 Å². The van der Waals surface area contributed by atoms with Crippen LogP contribution in [0.4, 0.5) is 15.4 Å². The molecule has 0 N–H and O–H groups in total. The van der Waals surface area contributed by atoms with E-state index in [0.29, 0.717) is 16.6 Å². The molecular weight excluding hydrogens is 510 g/mol. The number of nitrogens with zero attached hydrogens (tertiary/aromatic N) is 3. The number of ether oxygens (including phenoxy) is 2. The van der Waals surface area contributed by atoms with Crippen LogP contribution in [0, 0.1) is 0 Å². The highest BCUT2D eigenvalue weighted by atomic mass is 32.2. The van der Waals surface area contributed by atoms with Gasteiger partial charge in [0.05, 0.1) is 27.4 Å². The maximum atomic E-state index is 13.2. The van der Waals surface area contributed by atoms with Crippen molar-refractivity contribution in [3.05, 3.63) is 30.5 Å². The normalized spacial score (nSPS) is 12.9. The van der Waals surface area contributed by atoms with Crippen LogP contribution in [0.15, 0.2) is 35.4 Å². The van der Waals surface area contributed by atoms with Gasteiger partial charge in [-0.2, -0.15) is 4.90 Å². The number of hydrogen-bond acceptors (Lipinski definition) is 8. The minimum atomic E-state index is -3.41. The van der Waals surface area contributed by atoms with Crippen LogP contribution in [0.5, 0.6) is 0 Å². The summed E-state index contributed by atoms with van der Waals surface area (Å²) >= 11 is 0. The van der Waals surface area contributed by atoms with E-state index in [1.165, 1.54) is 6.20 Å². The van der Waals surface area contributed by atoms with Crippen LogP contribution in [0.25, 0.3) is 11.3 Å². The van der Waals surface area contributed by atoms with Gasteiger partial charge in [0.1, 0.15) is 19.3 Å². The van der Waals surface area contributed by atoms with Gasteiger partial charge in [-0.1, -0.05) is 31.8 Å². The molecule has 2 aromatic rings. The highest BCUT2D eigenvalue weighted by Crippen LogP contribution is 2.25. The number of sulfone groups is 1. The number of amides is 2. The molecule has 11 heteroatoms. The van der Waals surface area contributed by atoms with E-state index in [1.807, 2.05) is 19.6 Å². The predicted octanol–water partition coefficient (Wildman–Crippen LogP) is 5.55. The summed E-state index contributed by atoms with van der Waals surface area (Å²) in [5.41, 5.74) is -0.574. The van der Waals surface area contributed by atoms with Crippen molar-refractivity contribution in [2.75, 3.05) is 4.90 Å². The molecule has 0 aliphatic heterocycles. The zero-order chi connectivity index (χ0) is 28.6. The topological polar surface area (TPSA) is 116 Å². The molecule has 1 aromatic heterocycles. The van der Waals surface area contributed by atoms with Crippen LogP contribution in [-0.2, 0) is 19.3 Å². The molecule has 37 heavy (non-hydrogen) atoms. The second-order valence-corrected chi connectivity index (χ2v) is 19.6. The number of imide groups is 1. The second-order valence-electron chi connectivity index (χ2n) is 12.1. The van der Waals surface area contributed by atoms with Gasteiger partial charge in [-0.15, -0.1) is 0 Å². The number of carbonyl (C=O) groups excluding carboxylic acids is 2. The van der Waals surface area contributed by atoms with Gasteiger partial charge in [-0.3, -0.25) is 4.98 Å². The molecule has 2 rings (SSSR count). The summed E-state index contributed by atoms with van der Waals surface area (Å²) in [7, 11) is -5.71. The van der Waals surface area contributed by atoms with Gasteiger partial charge in [0.2, 0.25) is 0 Å². The lowest BCUT2D eigenvalue weighted by molar-refractivity contribution is 0.0429. The fourth-order valence-corrected chi connectivity index (χ4v) is 5.50. The summed E-state index contributed by atoms with van der Waals surface area (Å²) in [4.78, 5) is 36.7. The third-order valence-electron chi connectivity index (χ3n) is 4.93. The zero-order valence-electron chi connectivity index (χ0n) is 23.7. The molecule has 0 aliphatic carbocycles. The molecule has 1 heterocycles. The number of benzene rings is 1. The summed E-state index contributed by atoms with van der Waals surface area (Å²) < 4.78 is 36.0. The van der Waals surface area contributed by atoms with E-state index < -0.39 is 46.5 Å². The van der Waals surface area contributed by atoms with E-state index >= 15 is 0 Å². The van der Waals surface area contributed by atoms with Crippen LogP contribution in [0.1, 0.15) is 55.4 Å². The van der Waals surface area contributed by atoms with E-state index in [2.05, 4.69) is 4.98 Å². The Bertz CT molecular complexity index is 1230. The lowest BCUT2D eigenvalue weighted by atomic mass is 10.2. The first-order valence-electron chi connectivity index (χ1n) is 12.1. The molecule has 0 radical (unpaired) electrons. The predicted molar refractivity (Wildman–Crippen MR) is 148 cm³/mol. The maximum absolute atomic E-state index is 13.2. The molecule has 0 bridgehead atoms. The highest BCUT2D eigenvalue weighted by Gasteiger charge is 2.38. The average Bonchev–Trinajstić information content (AvgIpc) is 2.70. The Balaban J connectivity index is 2.66. The quantitative estimate of drug-likeness (QED) is 0.446. The molecule has 0 saturated heterocycles. The Morgan fingerprint density at radius 1 is 0.892 bits per heavy atom. The molecule has 9 nitrogen and oxygen atoms in total. The molecule has 2 amide bonds. The second kappa shape index (κ2) is 10.5. The molecule has 0 atom stereocenters. The van der Waals surface area contributed by atoms with Crippen molar-refractivity contribution in [1.82, 2.24) is 9.97 Å². The van der Waals surface area contributed by atoms with E-state index in [1.54, 1.807) is 79.7 Å². The van der Waals surface area contributed by atoms with E-state index in [4.69, 9.17) is 14.5 Å². The fraction of sp³-hybridized carbons (Fsp3) is 0.538. The zero-order valence-corrected chi connectivity index (χ0v) is 25.5. The molecule has 0 unspecified atom stereocenters. The summed E-state index contributed by atoms with van der Waals surface area (Å²) in [6.07, 6.45) is -0.370. The molecule has 0 saturated carbocycles. The summed E-state index contributed by atoms with van der Waals surface area (Å²) in [6.45, 7) is 19.5.